The van der Waals surface area contributed by atoms with E-state index < -0.39 is 17.5 Å². The summed E-state index contributed by atoms with van der Waals surface area (Å²) in [7, 11) is 0. The van der Waals surface area contributed by atoms with E-state index in [9.17, 15) is 9.59 Å². The van der Waals surface area contributed by atoms with Crippen molar-refractivity contribution >= 4 is 11.9 Å². The lowest BCUT2D eigenvalue weighted by Gasteiger charge is -2.23. The summed E-state index contributed by atoms with van der Waals surface area (Å²) >= 11 is 0. The highest BCUT2D eigenvalue weighted by molar-refractivity contribution is 5.81. The quantitative estimate of drug-likeness (QED) is 0.524. The third-order valence-electron chi connectivity index (χ3n) is 2.45. The first-order valence-corrected chi connectivity index (χ1v) is 5.41. The number of carbonyl (C=O) groups excluding carboxylic acids is 1. The molecule has 0 bridgehead atoms. The first-order valence-electron chi connectivity index (χ1n) is 5.41. The van der Waals surface area contributed by atoms with Crippen LogP contribution in [0.2, 0.25) is 0 Å². The zero-order valence-corrected chi connectivity index (χ0v) is 9.71. The van der Waals surface area contributed by atoms with Crippen molar-refractivity contribution in [2.45, 2.75) is 58.5 Å². The lowest BCUT2D eigenvalue weighted by Crippen LogP contribution is -2.39. The number of hydrogen-bond acceptors (Lipinski definition) is 3. The molecular weight excluding hydrogens is 196 g/mol. The Morgan fingerprint density at radius 1 is 1.27 bits per heavy atom. The van der Waals surface area contributed by atoms with Crippen LogP contribution in [-0.4, -0.2) is 22.6 Å². The molecule has 0 heterocycles. The number of hydrogen-bond donors (Lipinski definition) is 1. The summed E-state index contributed by atoms with van der Waals surface area (Å²) in [6.07, 6.45) is 3.33. The fourth-order valence-corrected chi connectivity index (χ4v) is 1.09. The highest BCUT2D eigenvalue weighted by Gasteiger charge is 2.35. The molecule has 0 saturated heterocycles. The van der Waals surface area contributed by atoms with Gasteiger partial charge in [0.15, 0.2) is 0 Å². The molecule has 1 unspecified atom stereocenters. The van der Waals surface area contributed by atoms with Gasteiger partial charge in [-0.15, -0.1) is 0 Å². The summed E-state index contributed by atoms with van der Waals surface area (Å²) < 4.78 is 4.96. The zero-order valence-electron chi connectivity index (χ0n) is 9.71. The predicted molar refractivity (Wildman–Crippen MR) is 56.6 cm³/mol. The first-order chi connectivity index (χ1) is 6.96. The van der Waals surface area contributed by atoms with Crippen LogP contribution in [0.5, 0.6) is 0 Å². The van der Waals surface area contributed by atoms with E-state index in [0.29, 0.717) is 6.42 Å². The second-order valence-corrected chi connectivity index (χ2v) is 3.82. The van der Waals surface area contributed by atoms with Gasteiger partial charge >= 0.3 is 11.9 Å². The van der Waals surface area contributed by atoms with Gasteiger partial charge in [-0.2, -0.15) is 0 Å². The number of ether oxygens (including phenoxy) is 1. The molecule has 0 spiro atoms. The molecule has 0 amide bonds. The van der Waals surface area contributed by atoms with Gasteiger partial charge in [0.1, 0.15) is 0 Å². The molecule has 88 valence electrons. The molecule has 1 N–H and O–H groups in total. The Bertz CT molecular complexity index is 225. The maximum Gasteiger partial charge on any atom is 0.347 e. The number of carboxylic acids is 1. The van der Waals surface area contributed by atoms with Gasteiger partial charge in [0, 0.05) is 6.42 Å². The molecule has 0 saturated carbocycles. The topological polar surface area (TPSA) is 63.6 Å². The van der Waals surface area contributed by atoms with Gasteiger partial charge < -0.3 is 9.84 Å². The molecule has 0 aromatic carbocycles. The molecule has 4 nitrogen and oxygen atoms in total. The van der Waals surface area contributed by atoms with Crippen LogP contribution in [0, 0.1) is 0 Å². The lowest BCUT2D eigenvalue weighted by molar-refractivity contribution is -0.177. The third kappa shape index (κ3) is 4.81. The summed E-state index contributed by atoms with van der Waals surface area (Å²) in [5.41, 5.74) is -1.37. The van der Waals surface area contributed by atoms with Gasteiger partial charge in [0.05, 0.1) is 0 Å². The van der Waals surface area contributed by atoms with Crippen molar-refractivity contribution < 1.29 is 19.4 Å². The lowest BCUT2D eigenvalue weighted by atomic mass is 10.0. The van der Waals surface area contributed by atoms with E-state index >= 15 is 0 Å². The standard InChI is InChI=1S/C11H20O4/c1-4-6-7-8-9(12)15-11(3,5-2)10(13)14/h4-8H2,1-3H3,(H,13,14). The van der Waals surface area contributed by atoms with Crippen molar-refractivity contribution in [3.05, 3.63) is 0 Å². The van der Waals surface area contributed by atoms with Crippen LogP contribution >= 0.6 is 0 Å². The number of rotatable bonds is 7. The van der Waals surface area contributed by atoms with E-state index in [1.807, 2.05) is 6.92 Å². The highest BCUT2D eigenvalue weighted by Crippen LogP contribution is 2.17. The Labute approximate surface area is 90.6 Å². The molecule has 0 aliphatic heterocycles. The average molecular weight is 216 g/mol. The average Bonchev–Trinajstić information content (AvgIpc) is 2.17. The second-order valence-electron chi connectivity index (χ2n) is 3.82. The van der Waals surface area contributed by atoms with Crippen LogP contribution in [0.3, 0.4) is 0 Å². The molecule has 1 atom stereocenters. The minimum Gasteiger partial charge on any atom is -0.478 e. The van der Waals surface area contributed by atoms with E-state index in [-0.39, 0.29) is 6.42 Å². The fourth-order valence-electron chi connectivity index (χ4n) is 1.09. The van der Waals surface area contributed by atoms with Crippen molar-refractivity contribution in [3.8, 4) is 0 Å². The molecule has 0 rings (SSSR count). The molecule has 15 heavy (non-hydrogen) atoms. The van der Waals surface area contributed by atoms with Gasteiger partial charge in [-0.25, -0.2) is 4.79 Å². The van der Waals surface area contributed by atoms with Crippen LogP contribution in [0.4, 0.5) is 0 Å². The summed E-state index contributed by atoms with van der Waals surface area (Å²) in [6, 6.07) is 0. The molecule has 0 aromatic rings. The Morgan fingerprint density at radius 3 is 2.27 bits per heavy atom. The highest BCUT2D eigenvalue weighted by atomic mass is 16.6. The van der Waals surface area contributed by atoms with E-state index in [2.05, 4.69) is 0 Å². The zero-order chi connectivity index (χ0) is 11.9. The van der Waals surface area contributed by atoms with Gasteiger partial charge in [-0.05, 0) is 19.8 Å². The van der Waals surface area contributed by atoms with E-state index in [1.165, 1.54) is 6.92 Å². The Kier molecular flexibility index (Phi) is 5.97. The van der Waals surface area contributed by atoms with Crippen LogP contribution < -0.4 is 0 Å². The van der Waals surface area contributed by atoms with E-state index in [1.54, 1.807) is 6.92 Å². The predicted octanol–water partition coefficient (Wildman–Crippen LogP) is 2.36. The Morgan fingerprint density at radius 2 is 1.87 bits per heavy atom. The second kappa shape index (κ2) is 6.43. The maximum atomic E-state index is 11.3. The minimum absolute atomic E-state index is 0.280. The molecule has 0 fully saturated rings. The monoisotopic (exact) mass is 216 g/mol. The summed E-state index contributed by atoms with van der Waals surface area (Å²) in [6.45, 7) is 5.15. The number of carbonyl (C=O) groups is 2. The van der Waals surface area contributed by atoms with Crippen LogP contribution in [0.1, 0.15) is 52.9 Å². The molecule has 0 radical (unpaired) electrons. The number of esters is 1. The number of unbranched alkanes of at least 4 members (excludes halogenated alkanes) is 2. The largest absolute Gasteiger partial charge is 0.478 e. The number of aliphatic carboxylic acids is 1. The summed E-state index contributed by atoms with van der Waals surface area (Å²) in [5, 5.41) is 8.88. The molecule has 4 heteroatoms. The minimum atomic E-state index is -1.37. The fraction of sp³-hybridized carbons (Fsp3) is 0.818. The Balaban J connectivity index is 4.08. The van der Waals surface area contributed by atoms with Crippen molar-refractivity contribution in [1.29, 1.82) is 0 Å². The van der Waals surface area contributed by atoms with E-state index in [0.717, 1.165) is 19.3 Å². The van der Waals surface area contributed by atoms with Crippen LogP contribution in [0.25, 0.3) is 0 Å². The normalized spacial score (nSPS) is 14.3. The van der Waals surface area contributed by atoms with Gasteiger partial charge in [0.2, 0.25) is 5.60 Å². The van der Waals surface area contributed by atoms with Crippen molar-refractivity contribution in [2.75, 3.05) is 0 Å². The van der Waals surface area contributed by atoms with Crippen molar-refractivity contribution in [3.63, 3.8) is 0 Å². The number of carboxylic acid groups (broad SMARTS) is 1. The van der Waals surface area contributed by atoms with Gasteiger partial charge in [0.25, 0.3) is 0 Å². The van der Waals surface area contributed by atoms with Crippen LogP contribution in [-0.2, 0) is 14.3 Å². The first kappa shape index (κ1) is 13.9. The van der Waals surface area contributed by atoms with E-state index in [4.69, 9.17) is 9.84 Å². The third-order valence-corrected chi connectivity index (χ3v) is 2.45. The molecule has 0 aliphatic carbocycles. The Hall–Kier alpha value is -1.06. The summed E-state index contributed by atoms with van der Waals surface area (Å²) in [5.74, 6) is -1.51. The smallest absolute Gasteiger partial charge is 0.347 e. The van der Waals surface area contributed by atoms with Crippen LogP contribution in [0.15, 0.2) is 0 Å². The maximum absolute atomic E-state index is 11.3. The molecular formula is C11H20O4. The van der Waals surface area contributed by atoms with Gasteiger partial charge in [-0.3, -0.25) is 4.79 Å². The molecule has 0 aromatic heterocycles. The van der Waals surface area contributed by atoms with Crippen molar-refractivity contribution in [2.24, 2.45) is 0 Å². The summed E-state index contributed by atoms with van der Waals surface area (Å²) in [4.78, 5) is 22.2. The molecule has 0 aliphatic rings. The SMILES string of the molecule is CCCCCC(=O)OC(C)(CC)C(=O)O. The van der Waals surface area contributed by atoms with Crippen molar-refractivity contribution in [1.82, 2.24) is 0 Å². The van der Waals surface area contributed by atoms with Gasteiger partial charge in [-0.1, -0.05) is 26.7 Å².